The van der Waals surface area contributed by atoms with Crippen LogP contribution in [-0.2, 0) is 14.8 Å². The molecule has 0 aliphatic rings. The number of aromatic nitrogens is 2. The zero-order valence-corrected chi connectivity index (χ0v) is 17.2. The predicted molar refractivity (Wildman–Crippen MR) is 105 cm³/mol. The van der Waals surface area contributed by atoms with Gasteiger partial charge in [-0.05, 0) is 18.7 Å². The van der Waals surface area contributed by atoms with Gasteiger partial charge in [-0.25, -0.2) is 8.42 Å². The number of carbonyl (C=O) groups is 1. The molecule has 2 rings (SSSR count). The van der Waals surface area contributed by atoms with Crippen LogP contribution in [-0.4, -0.2) is 48.0 Å². The lowest BCUT2D eigenvalue weighted by Crippen LogP contribution is -2.38. The lowest BCUT2D eigenvalue weighted by molar-refractivity contribution is -0.385. The second-order valence-electron chi connectivity index (χ2n) is 5.30. The molecule has 0 radical (unpaired) electrons. The molecular weight excluding hydrogens is 414 g/mol. The van der Waals surface area contributed by atoms with E-state index in [1.54, 1.807) is 0 Å². The third-order valence-electron chi connectivity index (χ3n) is 3.35. The van der Waals surface area contributed by atoms with Gasteiger partial charge in [-0.1, -0.05) is 36.1 Å². The first-order valence-corrected chi connectivity index (χ1v) is 11.3. The monoisotopic (exact) mass is 431 g/mol. The highest BCUT2D eigenvalue weighted by molar-refractivity contribution is 8.01. The number of nitro groups is 1. The van der Waals surface area contributed by atoms with Crippen LogP contribution in [0, 0.1) is 17.0 Å². The summed E-state index contributed by atoms with van der Waals surface area (Å²) in [5.41, 5.74) is -0.00784. The normalized spacial score (nSPS) is 11.2. The standard InChI is InChI=1S/C14H17N5O5S3/c1-4-25-14-17-16-13(26-14)15-12(20)8-18(27(3,23)24)10-6-5-7-11(9(10)2)19(21)22/h5-7H,4,8H2,1-3H3,(H,15,16,20). The minimum Gasteiger partial charge on any atom is -0.299 e. The van der Waals surface area contributed by atoms with Gasteiger partial charge >= 0.3 is 0 Å². The van der Waals surface area contributed by atoms with E-state index in [1.165, 1.54) is 48.2 Å². The molecule has 13 heteroatoms. The first kappa shape index (κ1) is 21.1. The van der Waals surface area contributed by atoms with Crippen molar-refractivity contribution in [2.75, 3.05) is 28.2 Å². The molecule has 0 saturated heterocycles. The largest absolute Gasteiger partial charge is 0.299 e. The third kappa shape index (κ3) is 5.37. The van der Waals surface area contributed by atoms with E-state index in [9.17, 15) is 23.3 Å². The number of nitro benzene ring substituents is 1. The Morgan fingerprint density at radius 1 is 1.41 bits per heavy atom. The average molecular weight is 432 g/mol. The summed E-state index contributed by atoms with van der Waals surface area (Å²) in [5, 5.41) is 21.6. The zero-order chi connectivity index (χ0) is 20.2. The van der Waals surface area contributed by atoms with Gasteiger partial charge in [0.1, 0.15) is 6.54 Å². The van der Waals surface area contributed by atoms with Gasteiger partial charge in [0.15, 0.2) is 4.34 Å². The number of nitrogens with zero attached hydrogens (tertiary/aromatic N) is 4. The minimum atomic E-state index is -3.86. The highest BCUT2D eigenvalue weighted by Gasteiger charge is 2.26. The second kappa shape index (κ2) is 8.63. The topological polar surface area (TPSA) is 135 Å². The van der Waals surface area contributed by atoms with E-state index in [4.69, 9.17) is 0 Å². The van der Waals surface area contributed by atoms with Crippen LogP contribution in [0.3, 0.4) is 0 Å². The molecular formula is C14H17N5O5S3. The van der Waals surface area contributed by atoms with Gasteiger partial charge in [0.05, 0.1) is 22.4 Å². The molecule has 27 heavy (non-hydrogen) atoms. The Balaban J connectivity index is 2.26. The maximum absolute atomic E-state index is 12.3. The van der Waals surface area contributed by atoms with Gasteiger partial charge in [0.2, 0.25) is 21.1 Å². The predicted octanol–water partition coefficient (Wildman–Crippen LogP) is 2.27. The molecule has 1 N–H and O–H groups in total. The number of anilines is 2. The number of amides is 1. The summed E-state index contributed by atoms with van der Waals surface area (Å²) in [4.78, 5) is 22.8. The van der Waals surface area contributed by atoms with E-state index in [2.05, 4.69) is 15.5 Å². The number of benzene rings is 1. The summed E-state index contributed by atoms with van der Waals surface area (Å²) in [7, 11) is -3.86. The van der Waals surface area contributed by atoms with Crippen LogP contribution in [0.25, 0.3) is 0 Å². The molecule has 1 aromatic heterocycles. The number of nitrogens with one attached hydrogen (secondary N) is 1. The van der Waals surface area contributed by atoms with Crippen LogP contribution < -0.4 is 9.62 Å². The molecule has 0 spiro atoms. The smallest absolute Gasteiger partial charge is 0.274 e. The number of thioether (sulfide) groups is 1. The Kier molecular flexibility index (Phi) is 6.73. The summed E-state index contributed by atoms with van der Waals surface area (Å²) in [5.74, 6) is 0.173. The molecule has 0 atom stereocenters. The first-order valence-electron chi connectivity index (χ1n) is 7.61. The third-order valence-corrected chi connectivity index (χ3v) is 6.33. The highest BCUT2D eigenvalue weighted by atomic mass is 32.2. The van der Waals surface area contributed by atoms with E-state index in [-0.39, 0.29) is 22.1 Å². The summed E-state index contributed by atoms with van der Waals surface area (Å²) in [6, 6.07) is 4.06. The summed E-state index contributed by atoms with van der Waals surface area (Å²) in [6.45, 7) is 2.84. The Morgan fingerprint density at radius 3 is 2.70 bits per heavy atom. The maximum Gasteiger partial charge on any atom is 0.274 e. The number of hydrogen-bond donors (Lipinski definition) is 1. The Hall–Kier alpha value is -2.25. The Morgan fingerprint density at radius 2 is 2.11 bits per heavy atom. The van der Waals surface area contributed by atoms with Crippen LogP contribution in [0.2, 0.25) is 0 Å². The van der Waals surface area contributed by atoms with Crippen molar-refractivity contribution < 1.29 is 18.1 Å². The van der Waals surface area contributed by atoms with Crippen molar-refractivity contribution in [2.45, 2.75) is 18.2 Å². The number of hydrogen-bond acceptors (Lipinski definition) is 9. The van der Waals surface area contributed by atoms with Crippen LogP contribution in [0.4, 0.5) is 16.5 Å². The molecule has 1 heterocycles. The Bertz CT molecular complexity index is 960. The van der Waals surface area contributed by atoms with E-state index in [0.717, 1.165) is 16.3 Å². The van der Waals surface area contributed by atoms with Crippen molar-refractivity contribution in [1.29, 1.82) is 0 Å². The van der Waals surface area contributed by atoms with Crippen LogP contribution in [0.1, 0.15) is 12.5 Å². The summed E-state index contributed by atoms with van der Waals surface area (Å²) >= 11 is 2.65. The molecule has 2 aromatic rings. The zero-order valence-electron chi connectivity index (χ0n) is 14.7. The van der Waals surface area contributed by atoms with Crippen molar-refractivity contribution in [3.63, 3.8) is 0 Å². The first-order chi connectivity index (χ1) is 12.6. The fourth-order valence-electron chi connectivity index (χ4n) is 2.19. The van der Waals surface area contributed by atoms with Crippen molar-refractivity contribution in [3.8, 4) is 0 Å². The molecule has 0 aliphatic heterocycles. The molecule has 0 aliphatic carbocycles. The SMILES string of the molecule is CCSc1nnc(NC(=O)CN(c2cccc([N+](=O)[O-])c2C)S(C)(=O)=O)s1. The molecule has 0 unspecified atom stereocenters. The van der Waals surface area contributed by atoms with E-state index in [1.807, 2.05) is 6.92 Å². The van der Waals surface area contributed by atoms with Gasteiger partial charge < -0.3 is 0 Å². The Labute approximate surface area is 164 Å². The number of rotatable bonds is 8. The average Bonchev–Trinajstić information content (AvgIpc) is 2.99. The second-order valence-corrected chi connectivity index (χ2v) is 9.70. The molecule has 146 valence electrons. The quantitative estimate of drug-likeness (QED) is 0.291. The number of sulfonamides is 1. The lowest BCUT2D eigenvalue weighted by Gasteiger charge is -2.23. The molecule has 1 amide bonds. The van der Waals surface area contributed by atoms with E-state index >= 15 is 0 Å². The number of carbonyl (C=O) groups excluding carboxylic acids is 1. The highest BCUT2D eigenvalue weighted by Crippen LogP contribution is 2.30. The van der Waals surface area contributed by atoms with Crippen LogP contribution >= 0.6 is 23.1 Å². The van der Waals surface area contributed by atoms with Gasteiger partial charge in [0, 0.05) is 6.07 Å². The van der Waals surface area contributed by atoms with E-state index < -0.39 is 27.4 Å². The van der Waals surface area contributed by atoms with Gasteiger partial charge in [0.25, 0.3) is 5.69 Å². The molecule has 0 fully saturated rings. The summed E-state index contributed by atoms with van der Waals surface area (Å²) in [6.07, 6.45) is 0.930. The fraction of sp³-hybridized carbons (Fsp3) is 0.357. The maximum atomic E-state index is 12.3. The molecule has 10 nitrogen and oxygen atoms in total. The van der Waals surface area contributed by atoms with Crippen LogP contribution in [0.15, 0.2) is 22.5 Å². The van der Waals surface area contributed by atoms with Crippen molar-refractivity contribution in [3.05, 3.63) is 33.9 Å². The molecule has 0 bridgehead atoms. The van der Waals surface area contributed by atoms with Crippen LogP contribution in [0.5, 0.6) is 0 Å². The fourth-order valence-corrected chi connectivity index (χ4v) is 4.76. The molecule has 1 aromatic carbocycles. The van der Waals surface area contributed by atoms with Gasteiger partial charge in [-0.2, -0.15) is 0 Å². The van der Waals surface area contributed by atoms with Crippen molar-refractivity contribution in [1.82, 2.24) is 10.2 Å². The lowest BCUT2D eigenvalue weighted by atomic mass is 10.1. The molecule has 0 saturated carbocycles. The van der Waals surface area contributed by atoms with Crippen molar-refractivity contribution >= 4 is 55.5 Å². The van der Waals surface area contributed by atoms with E-state index in [0.29, 0.717) is 4.34 Å². The van der Waals surface area contributed by atoms with Gasteiger partial charge in [-0.3, -0.25) is 24.5 Å². The summed E-state index contributed by atoms with van der Waals surface area (Å²) < 4.78 is 25.9. The van der Waals surface area contributed by atoms with Gasteiger partial charge in [-0.15, -0.1) is 10.2 Å². The minimum absolute atomic E-state index is 0.0707. The van der Waals surface area contributed by atoms with Crippen molar-refractivity contribution in [2.24, 2.45) is 0 Å².